The molecule has 1 fully saturated rings. The monoisotopic (exact) mass is 386 g/mol. The Morgan fingerprint density at radius 2 is 2.18 bits per heavy atom. The zero-order valence-electron chi connectivity index (χ0n) is 16.9. The van der Waals surface area contributed by atoms with E-state index in [-0.39, 0.29) is 18.2 Å². The summed E-state index contributed by atoms with van der Waals surface area (Å²) >= 11 is 0. The number of hydrogen-bond acceptors (Lipinski definition) is 4. The molecule has 28 heavy (non-hydrogen) atoms. The molecular formula is C21H30N4O3. The average molecular weight is 386 g/mol. The van der Waals surface area contributed by atoms with E-state index in [1.165, 1.54) is 0 Å². The summed E-state index contributed by atoms with van der Waals surface area (Å²) in [6.07, 6.45) is 5.87. The van der Waals surface area contributed by atoms with Gasteiger partial charge in [0.15, 0.2) is 0 Å². The second kappa shape index (κ2) is 9.59. The van der Waals surface area contributed by atoms with Crippen LogP contribution in [0, 0.1) is 0 Å². The molecule has 0 bridgehead atoms. The van der Waals surface area contributed by atoms with Gasteiger partial charge in [0, 0.05) is 38.1 Å². The standard InChI is InChI=1S/C21H30N4O3/c1-16(2)23-21(26)25(14-19-5-4-12-28-19)15-20-22-10-11-24(20)13-17-6-8-18(27-3)9-7-17/h6-11,16,19H,4-5,12-15H2,1-3H3,(H,23,26). The highest BCUT2D eigenvalue weighted by Crippen LogP contribution is 2.17. The first-order chi connectivity index (χ1) is 13.5. The second-order valence-corrected chi connectivity index (χ2v) is 7.44. The Bertz CT molecular complexity index is 751. The molecule has 0 spiro atoms. The molecule has 3 rings (SSSR count). The van der Waals surface area contributed by atoms with Crippen LogP contribution in [0.15, 0.2) is 36.7 Å². The number of methoxy groups -OCH3 is 1. The molecule has 7 nitrogen and oxygen atoms in total. The van der Waals surface area contributed by atoms with E-state index in [9.17, 15) is 4.79 Å². The molecule has 1 unspecified atom stereocenters. The third-order valence-electron chi connectivity index (χ3n) is 4.79. The highest BCUT2D eigenvalue weighted by atomic mass is 16.5. The fourth-order valence-corrected chi connectivity index (χ4v) is 3.33. The third-order valence-corrected chi connectivity index (χ3v) is 4.79. The highest BCUT2D eigenvalue weighted by Gasteiger charge is 2.24. The average Bonchev–Trinajstić information content (AvgIpc) is 3.34. The fourth-order valence-electron chi connectivity index (χ4n) is 3.33. The summed E-state index contributed by atoms with van der Waals surface area (Å²) in [5.74, 6) is 1.69. The molecule has 0 aliphatic carbocycles. The number of carbonyl (C=O) groups excluding carboxylic acids is 1. The quantitative estimate of drug-likeness (QED) is 0.757. The molecule has 152 valence electrons. The number of carbonyl (C=O) groups is 1. The number of nitrogens with one attached hydrogen (secondary N) is 1. The molecule has 2 amide bonds. The van der Waals surface area contributed by atoms with Gasteiger partial charge in [0.25, 0.3) is 0 Å². The van der Waals surface area contributed by atoms with E-state index in [1.54, 1.807) is 13.3 Å². The van der Waals surface area contributed by atoms with Crippen LogP contribution in [-0.4, -0.2) is 52.9 Å². The van der Waals surface area contributed by atoms with Gasteiger partial charge in [0.2, 0.25) is 0 Å². The first kappa shape index (κ1) is 20.2. The first-order valence-electron chi connectivity index (χ1n) is 9.85. The molecule has 2 heterocycles. The van der Waals surface area contributed by atoms with Gasteiger partial charge >= 0.3 is 6.03 Å². The second-order valence-electron chi connectivity index (χ2n) is 7.44. The lowest BCUT2D eigenvalue weighted by molar-refractivity contribution is 0.0782. The third kappa shape index (κ3) is 5.48. The smallest absolute Gasteiger partial charge is 0.318 e. The largest absolute Gasteiger partial charge is 0.497 e. The van der Waals surface area contributed by atoms with Gasteiger partial charge in [0.05, 0.1) is 19.8 Å². The lowest BCUT2D eigenvalue weighted by Crippen LogP contribution is -2.46. The maximum absolute atomic E-state index is 12.7. The van der Waals surface area contributed by atoms with Crippen molar-refractivity contribution in [3.05, 3.63) is 48.0 Å². The molecule has 1 saturated heterocycles. The van der Waals surface area contributed by atoms with Crippen molar-refractivity contribution >= 4 is 6.03 Å². The summed E-state index contributed by atoms with van der Waals surface area (Å²) in [4.78, 5) is 19.0. The van der Waals surface area contributed by atoms with Crippen molar-refractivity contribution in [3.63, 3.8) is 0 Å². The van der Waals surface area contributed by atoms with Crippen LogP contribution in [0.2, 0.25) is 0 Å². The van der Waals surface area contributed by atoms with Crippen molar-refractivity contribution in [3.8, 4) is 5.75 Å². The van der Waals surface area contributed by atoms with E-state index < -0.39 is 0 Å². The number of benzene rings is 1. The molecule has 0 radical (unpaired) electrons. The van der Waals surface area contributed by atoms with Gasteiger partial charge in [-0.15, -0.1) is 0 Å². The highest BCUT2D eigenvalue weighted by molar-refractivity contribution is 5.74. The van der Waals surface area contributed by atoms with Crippen LogP contribution < -0.4 is 10.1 Å². The zero-order chi connectivity index (χ0) is 19.9. The maximum atomic E-state index is 12.7. The molecule has 1 aromatic heterocycles. The van der Waals surface area contributed by atoms with E-state index in [4.69, 9.17) is 9.47 Å². The molecule has 1 atom stereocenters. The van der Waals surface area contributed by atoms with Gasteiger partial charge in [-0.25, -0.2) is 9.78 Å². The van der Waals surface area contributed by atoms with Gasteiger partial charge in [-0.3, -0.25) is 0 Å². The van der Waals surface area contributed by atoms with Crippen LogP contribution in [-0.2, 0) is 17.8 Å². The van der Waals surface area contributed by atoms with Crippen LogP contribution in [0.25, 0.3) is 0 Å². The van der Waals surface area contributed by atoms with Crippen molar-refractivity contribution in [2.75, 3.05) is 20.3 Å². The summed E-state index contributed by atoms with van der Waals surface area (Å²) in [7, 11) is 1.66. The molecule has 0 saturated carbocycles. The molecule has 2 aromatic rings. The Kier molecular flexibility index (Phi) is 6.92. The summed E-state index contributed by atoms with van der Waals surface area (Å²) in [5.41, 5.74) is 1.15. The van der Waals surface area contributed by atoms with Crippen molar-refractivity contribution in [1.29, 1.82) is 0 Å². The van der Waals surface area contributed by atoms with Crippen LogP contribution in [0.1, 0.15) is 38.1 Å². The minimum atomic E-state index is -0.0792. The van der Waals surface area contributed by atoms with Crippen LogP contribution in [0.3, 0.4) is 0 Å². The van der Waals surface area contributed by atoms with E-state index in [1.807, 2.05) is 49.2 Å². The summed E-state index contributed by atoms with van der Waals surface area (Å²) in [5, 5.41) is 2.99. The SMILES string of the molecule is COc1ccc(Cn2ccnc2CN(CC2CCCO2)C(=O)NC(C)C)cc1. The van der Waals surface area contributed by atoms with E-state index in [0.717, 1.165) is 36.6 Å². The Hall–Kier alpha value is -2.54. The van der Waals surface area contributed by atoms with Crippen molar-refractivity contribution in [2.24, 2.45) is 0 Å². The minimum Gasteiger partial charge on any atom is -0.497 e. The van der Waals surface area contributed by atoms with Crippen LogP contribution in [0.4, 0.5) is 4.79 Å². The predicted molar refractivity (Wildman–Crippen MR) is 107 cm³/mol. The lowest BCUT2D eigenvalue weighted by Gasteiger charge is -2.26. The number of rotatable bonds is 8. The molecule has 1 aliphatic heterocycles. The van der Waals surface area contributed by atoms with Crippen LogP contribution >= 0.6 is 0 Å². The summed E-state index contributed by atoms with van der Waals surface area (Å²) < 4.78 is 13.0. The van der Waals surface area contributed by atoms with E-state index >= 15 is 0 Å². The lowest BCUT2D eigenvalue weighted by atomic mass is 10.2. The van der Waals surface area contributed by atoms with Crippen molar-refractivity contribution in [2.45, 2.75) is 51.9 Å². The number of amides is 2. The van der Waals surface area contributed by atoms with Gasteiger partial charge < -0.3 is 24.3 Å². The van der Waals surface area contributed by atoms with Gasteiger partial charge in [0.1, 0.15) is 11.6 Å². The normalized spacial score (nSPS) is 16.4. The number of imidazole rings is 1. The molecule has 1 aliphatic rings. The van der Waals surface area contributed by atoms with E-state index in [2.05, 4.69) is 14.9 Å². The zero-order valence-corrected chi connectivity index (χ0v) is 16.9. The number of ether oxygens (including phenoxy) is 2. The summed E-state index contributed by atoms with van der Waals surface area (Å²) in [6.45, 7) is 6.42. The number of nitrogens with zero attached hydrogens (tertiary/aromatic N) is 3. The Balaban J connectivity index is 1.70. The molecule has 7 heteroatoms. The van der Waals surface area contributed by atoms with Gasteiger partial charge in [-0.05, 0) is 44.4 Å². The Labute approximate surface area is 166 Å². The Morgan fingerprint density at radius 1 is 1.39 bits per heavy atom. The van der Waals surface area contributed by atoms with Crippen LogP contribution in [0.5, 0.6) is 5.75 Å². The number of urea groups is 1. The first-order valence-corrected chi connectivity index (χ1v) is 9.85. The molecule has 1 N–H and O–H groups in total. The topological polar surface area (TPSA) is 68.6 Å². The summed E-state index contributed by atoms with van der Waals surface area (Å²) in [6, 6.07) is 7.98. The number of aromatic nitrogens is 2. The molecule has 1 aromatic carbocycles. The fraction of sp³-hybridized carbons (Fsp3) is 0.524. The van der Waals surface area contributed by atoms with Gasteiger partial charge in [-0.2, -0.15) is 0 Å². The predicted octanol–water partition coefficient (Wildman–Crippen LogP) is 3.04. The maximum Gasteiger partial charge on any atom is 0.318 e. The van der Waals surface area contributed by atoms with Crippen molar-refractivity contribution in [1.82, 2.24) is 19.8 Å². The molecular weight excluding hydrogens is 356 g/mol. The minimum absolute atomic E-state index is 0.0792. The van der Waals surface area contributed by atoms with Gasteiger partial charge in [-0.1, -0.05) is 12.1 Å². The van der Waals surface area contributed by atoms with E-state index in [0.29, 0.717) is 19.6 Å². The Morgan fingerprint density at radius 3 is 2.82 bits per heavy atom. The van der Waals surface area contributed by atoms with Crippen molar-refractivity contribution < 1.29 is 14.3 Å². The number of hydrogen-bond donors (Lipinski definition) is 1.